The SMILES string of the molecule is Cc1ccc(C[C@@H](CN(C(=O)OC(C)(C)C)c2ncc(Br)s2)NC(=O)OC(C)(C)C)cn1. The molecule has 0 saturated carbocycles. The molecule has 0 saturated heterocycles. The minimum atomic E-state index is -0.682. The zero-order valence-electron chi connectivity index (χ0n) is 19.6. The molecule has 2 amide bonds. The molecule has 32 heavy (non-hydrogen) atoms. The van der Waals surface area contributed by atoms with E-state index in [-0.39, 0.29) is 6.54 Å². The lowest BCUT2D eigenvalue weighted by Crippen LogP contribution is -2.49. The van der Waals surface area contributed by atoms with E-state index in [0.717, 1.165) is 15.0 Å². The molecule has 1 atom stereocenters. The third kappa shape index (κ3) is 9.12. The molecule has 0 aliphatic carbocycles. The first-order valence-electron chi connectivity index (χ1n) is 10.2. The monoisotopic (exact) mass is 526 g/mol. The van der Waals surface area contributed by atoms with Crippen LogP contribution in [-0.2, 0) is 15.9 Å². The van der Waals surface area contributed by atoms with Gasteiger partial charge in [0.15, 0.2) is 5.13 Å². The summed E-state index contributed by atoms with van der Waals surface area (Å²) in [6.45, 7) is 12.8. The van der Waals surface area contributed by atoms with Crippen molar-refractivity contribution in [2.45, 2.75) is 72.1 Å². The van der Waals surface area contributed by atoms with Crippen LogP contribution in [0.1, 0.15) is 52.8 Å². The number of halogens is 1. The fourth-order valence-corrected chi connectivity index (χ4v) is 3.86. The Labute approximate surface area is 201 Å². The van der Waals surface area contributed by atoms with Crippen LogP contribution in [-0.4, -0.2) is 45.9 Å². The van der Waals surface area contributed by atoms with Gasteiger partial charge in [0.1, 0.15) is 11.2 Å². The van der Waals surface area contributed by atoms with Crippen molar-refractivity contribution in [1.82, 2.24) is 15.3 Å². The van der Waals surface area contributed by atoms with E-state index in [9.17, 15) is 9.59 Å². The van der Waals surface area contributed by atoms with Crippen LogP contribution in [0, 0.1) is 6.92 Å². The van der Waals surface area contributed by atoms with Gasteiger partial charge in [-0.2, -0.15) is 0 Å². The number of rotatable bonds is 6. The number of carbonyl (C=O) groups excluding carboxylic acids is 2. The van der Waals surface area contributed by atoms with E-state index in [1.165, 1.54) is 16.2 Å². The Morgan fingerprint density at radius 2 is 1.75 bits per heavy atom. The van der Waals surface area contributed by atoms with Crippen molar-refractivity contribution in [3.63, 3.8) is 0 Å². The Hall–Kier alpha value is -2.20. The Morgan fingerprint density at radius 1 is 1.09 bits per heavy atom. The maximum Gasteiger partial charge on any atom is 0.416 e. The van der Waals surface area contributed by atoms with Gasteiger partial charge in [-0.3, -0.25) is 9.88 Å². The minimum Gasteiger partial charge on any atom is -0.444 e. The second-order valence-corrected chi connectivity index (χ2v) is 11.8. The largest absolute Gasteiger partial charge is 0.444 e. The first kappa shape index (κ1) is 26.1. The van der Waals surface area contributed by atoms with Crippen LogP contribution in [0.15, 0.2) is 28.3 Å². The summed E-state index contributed by atoms with van der Waals surface area (Å²) in [6, 6.07) is 3.39. The van der Waals surface area contributed by atoms with Crippen molar-refractivity contribution in [1.29, 1.82) is 0 Å². The maximum atomic E-state index is 13.0. The van der Waals surface area contributed by atoms with Crippen LogP contribution in [0.5, 0.6) is 0 Å². The van der Waals surface area contributed by atoms with Gasteiger partial charge in [-0.1, -0.05) is 17.4 Å². The number of anilines is 1. The number of aryl methyl sites for hydroxylation is 1. The molecule has 0 aliphatic rings. The van der Waals surface area contributed by atoms with Gasteiger partial charge in [0.05, 0.1) is 22.6 Å². The average Bonchev–Trinajstić information content (AvgIpc) is 3.04. The summed E-state index contributed by atoms with van der Waals surface area (Å²) in [5.41, 5.74) is 0.485. The van der Waals surface area contributed by atoms with Crippen LogP contribution in [0.4, 0.5) is 14.7 Å². The molecule has 10 heteroatoms. The number of hydrogen-bond donors (Lipinski definition) is 1. The zero-order valence-corrected chi connectivity index (χ0v) is 22.0. The normalized spacial score (nSPS) is 12.8. The Morgan fingerprint density at radius 3 is 2.25 bits per heavy atom. The van der Waals surface area contributed by atoms with Crippen molar-refractivity contribution >= 4 is 44.6 Å². The number of alkyl carbamates (subject to hydrolysis) is 1. The third-order valence-electron chi connectivity index (χ3n) is 3.89. The van der Waals surface area contributed by atoms with Crippen LogP contribution in [0.25, 0.3) is 0 Å². The number of pyridine rings is 1. The van der Waals surface area contributed by atoms with Crippen LogP contribution in [0.2, 0.25) is 0 Å². The molecule has 0 aliphatic heterocycles. The molecule has 0 radical (unpaired) electrons. The van der Waals surface area contributed by atoms with Gasteiger partial charge >= 0.3 is 12.2 Å². The van der Waals surface area contributed by atoms with Crippen LogP contribution in [0.3, 0.4) is 0 Å². The predicted octanol–water partition coefficient (Wildman–Crippen LogP) is 5.49. The van der Waals surface area contributed by atoms with E-state index in [0.29, 0.717) is 11.6 Å². The van der Waals surface area contributed by atoms with Crippen molar-refractivity contribution in [2.75, 3.05) is 11.4 Å². The van der Waals surface area contributed by atoms with E-state index in [1.807, 2.05) is 19.1 Å². The molecule has 0 bridgehead atoms. The van der Waals surface area contributed by atoms with Gasteiger partial charge in [0, 0.05) is 11.9 Å². The molecule has 2 heterocycles. The second kappa shape index (κ2) is 10.6. The smallest absolute Gasteiger partial charge is 0.416 e. The zero-order chi connectivity index (χ0) is 24.1. The molecule has 2 rings (SSSR count). The number of carbonyl (C=O) groups is 2. The topological polar surface area (TPSA) is 93.7 Å². The number of thiazole rings is 1. The van der Waals surface area contributed by atoms with Crippen molar-refractivity contribution in [3.05, 3.63) is 39.6 Å². The number of hydrogen-bond acceptors (Lipinski definition) is 7. The lowest BCUT2D eigenvalue weighted by atomic mass is 10.1. The van der Waals surface area contributed by atoms with Crippen molar-refractivity contribution < 1.29 is 19.1 Å². The van der Waals surface area contributed by atoms with Gasteiger partial charge in [0.25, 0.3) is 0 Å². The van der Waals surface area contributed by atoms with Gasteiger partial charge in [-0.05, 0) is 82.4 Å². The van der Waals surface area contributed by atoms with E-state index in [2.05, 4.69) is 31.2 Å². The molecular formula is C22H31BrN4O4S. The summed E-state index contributed by atoms with van der Waals surface area (Å²) in [4.78, 5) is 35.6. The van der Waals surface area contributed by atoms with Crippen molar-refractivity contribution in [2.24, 2.45) is 0 Å². The summed E-state index contributed by atoms with van der Waals surface area (Å²) >= 11 is 4.69. The van der Waals surface area contributed by atoms with Gasteiger partial charge in [-0.25, -0.2) is 14.6 Å². The average molecular weight is 527 g/mol. The van der Waals surface area contributed by atoms with E-state index >= 15 is 0 Å². The highest BCUT2D eigenvalue weighted by Crippen LogP contribution is 2.28. The van der Waals surface area contributed by atoms with Gasteiger partial charge in [-0.15, -0.1) is 0 Å². The number of ether oxygens (including phenoxy) is 2. The first-order valence-corrected chi connectivity index (χ1v) is 11.9. The molecule has 0 spiro atoms. The lowest BCUT2D eigenvalue weighted by molar-refractivity contribution is 0.0486. The summed E-state index contributed by atoms with van der Waals surface area (Å²) in [7, 11) is 0. The standard InChI is InChI=1S/C22H31BrN4O4S/c1-14-8-9-15(11-24-14)10-16(26-19(28)30-21(2,3)4)13-27(18-25-12-17(23)32-18)20(29)31-22(5,6)7/h8-9,11-12,16H,10,13H2,1-7H3,(H,26,28)/t16-/m0/s1. The minimum absolute atomic E-state index is 0.141. The fraction of sp³-hybridized carbons (Fsp3) is 0.545. The van der Waals surface area contributed by atoms with E-state index in [4.69, 9.17) is 9.47 Å². The highest BCUT2D eigenvalue weighted by atomic mass is 79.9. The second-order valence-electron chi connectivity index (χ2n) is 9.39. The molecule has 2 aromatic heterocycles. The number of nitrogens with one attached hydrogen (secondary N) is 1. The molecule has 2 aromatic rings. The quantitative estimate of drug-likeness (QED) is 0.534. The summed E-state index contributed by atoms with van der Waals surface area (Å²) in [5, 5.41) is 3.35. The number of aromatic nitrogens is 2. The Kier molecular flexibility index (Phi) is 8.64. The summed E-state index contributed by atoms with van der Waals surface area (Å²) in [6.07, 6.45) is 2.72. The highest BCUT2D eigenvalue weighted by molar-refractivity contribution is 9.11. The Balaban J connectivity index is 2.30. The van der Waals surface area contributed by atoms with Crippen LogP contribution >= 0.6 is 27.3 Å². The van der Waals surface area contributed by atoms with Gasteiger partial charge < -0.3 is 14.8 Å². The maximum absolute atomic E-state index is 13.0. The number of amides is 2. The fourth-order valence-electron chi connectivity index (χ4n) is 2.68. The summed E-state index contributed by atoms with van der Waals surface area (Å²) < 4.78 is 11.8. The molecule has 8 nitrogen and oxygen atoms in total. The van der Waals surface area contributed by atoms with Gasteiger partial charge in [0.2, 0.25) is 0 Å². The van der Waals surface area contributed by atoms with Crippen LogP contribution < -0.4 is 10.2 Å². The summed E-state index contributed by atoms with van der Waals surface area (Å²) in [5.74, 6) is 0. The highest BCUT2D eigenvalue weighted by Gasteiger charge is 2.29. The molecule has 1 N–H and O–H groups in total. The number of nitrogens with zero attached hydrogens (tertiary/aromatic N) is 3. The molecule has 0 unspecified atom stereocenters. The molecule has 0 aromatic carbocycles. The lowest BCUT2D eigenvalue weighted by Gasteiger charge is -2.30. The predicted molar refractivity (Wildman–Crippen MR) is 129 cm³/mol. The molecular weight excluding hydrogens is 496 g/mol. The molecule has 176 valence electrons. The van der Waals surface area contributed by atoms with Crippen molar-refractivity contribution in [3.8, 4) is 0 Å². The van der Waals surface area contributed by atoms with E-state index < -0.39 is 29.4 Å². The Bertz CT molecular complexity index is 919. The van der Waals surface area contributed by atoms with E-state index in [1.54, 1.807) is 53.9 Å². The molecule has 0 fully saturated rings. The third-order valence-corrected chi connectivity index (χ3v) is 5.39. The first-order chi connectivity index (χ1) is 14.7.